The van der Waals surface area contributed by atoms with Crippen LogP contribution >= 0.6 is 11.6 Å². The van der Waals surface area contributed by atoms with Crippen LogP contribution in [0, 0.1) is 6.92 Å². The zero-order chi connectivity index (χ0) is 10.6. The zero-order valence-electron chi connectivity index (χ0n) is 8.29. The summed E-state index contributed by atoms with van der Waals surface area (Å²) in [6, 6.07) is 1.79. The maximum absolute atomic E-state index is 10.8. The summed E-state index contributed by atoms with van der Waals surface area (Å²) in [6.45, 7) is 2.62. The minimum Gasteiger partial charge on any atom is -0.469 e. The molecule has 0 aromatic carbocycles. The van der Waals surface area contributed by atoms with E-state index in [0.29, 0.717) is 24.5 Å². The molecule has 14 heavy (non-hydrogen) atoms. The standard InChI is InChI=1S/C9H13ClN2O2/c1-7-6-8(10)11-12(7)5-3-4-9(13)14-2/h6H,3-5H2,1-2H3. The molecule has 78 valence electrons. The van der Waals surface area contributed by atoms with Gasteiger partial charge in [-0.05, 0) is 19.4 Å². The highest BCUT2D eigenvalue weighted by Gasteiger charge is 2.03. The zero-order valence-corrected chi connectivity index (χ0v) is 9.04. The van der Waals surface area contributed by atoms with Crippen LogP contribution in [0.5, 0.6) is 0 Å². The topological polar surface area (TPSA) is 44.1 Å². The minimum absolute atomic E-state index is 0.194. The molecule has 0 aliphatic heterocycles. The molecule has 0 N–H and O–H groups in total. The number of ether oxygens (including phenoxy) is 1. The molecule has 0 aliphatic rings. The molecule has 5 heteroatoms. The van der Waals surface area contributed by atoms with E-state index in [1.807, 2.05) is 6.92 Å². The Morgan fingerprint density at radius 3 is 2.93 bits per heavy atom. The van der Waals surface area contributed by atoms with Gasteiger partial charge in [0.2, 0.25) is 0 Å². The third kappa shape index (κ3) is 3.03. The summed E-state index contributed by atoms with van der Waals surface area (Å²) < 4.78 is 6.31. The Morgan fingerprint density at radius 2 is 2.43 bits per heavy atom. The van der Waals surface area contributed by atoms with Gasteiger partial charge in [-0.1, -0.05) is 11.6 Å². The van der Waals surface area contributed by atoms with Crippen molar-refractivity contribution in [3.8, 4) is 0 Å². The summed E-state index contributed by atoms with van der Waals surface area (Å²) in [6.07, 6.45) is 1.12. The van der Waals surface area contributed by atoms with E-state index >= 15 is 0 Å². The van der Waals surface area contributed by atoms with Gasteiger partial charge in [0, 0.05) is 18.7 Å². The number of nitrogens with zero attached hydrogens (tertiary/aromatic N) is 2. The molecule has 0 spiro atoms. The van der Waals surface area contributed by atoms with Crippen molar-refractivity contribution in [2.45, 2.75) is 26.3 Å². The van der Waals surface area contributed by atoms with Crippen molar-refractivity contribution in [2.24, 2.45) is 0 Å². The highest BCUT2D eigenvalue weighted by atomic mass is 35.5. The molecule has 0 amide bonds. The summed E-state index contributed by atoms with van der Waals surface area (Å²) >= 11 is 5.71. The highest BCUT2D eigenvalue weighted by Crippen LogP contribution is 2.09. The Kier molecular flexibility index (Phi) is 3.95. The van der Waals surface area contributed by atoms with Crippen LogP contribution in [0.1, 0.15) is 18.5 Å². The van der Waals surface area contributed by atoms with Gasteiger partial charge in [-0.25, -0.2) is 0 Å². The van der Waals surface area contributed by atoms with Crippen molar-refractivity contribution in [1.82, 2.24) is 9.78 Å². The number of rotatable bonds is 4. The number of carbonyl (C=O) groups excluding carboxylic acids is 1. The van der Waals surface area contributed by atoms with Crippen molar-refractivity contribution in [2.75, 3.05) is 7.11 Å². The van der Waals surface area contributed by atoms with E-state index in [-0.39, 0.29) is 5.97 Å². The predicted octanol–water partition coefficient (Wildman–Crippen LogP) is 1.80. The van der Waals surface area contributed by atoms with E-state index in [9.17, 15) is 4.79 Å². The monoisotopic (exact) mass is 216 g/mol. The molecule has 0 atom stereocenters. The lowest BCUT2D eigenvalue weighted by Crippen LogP contribution is -2.06. The Hall–Kier alpha value is -1.03. The summed E-state index contributed by atoms with van der Waals surface area (Å²) in [5, 5.41) is 4.55. The number of hydrogen-bond donors (Lipinski definition) is 0. The maximum atomic E-state index is 10.8. The molecule has 0 radical (unpaired) electrons. The number of carbonyl (C=O) groups is 1. The van der Waals surface area contributed by atoms with E-state index in [1.54, 1.807) is 10.7 Å². The Balaban J connectivity index is 2.38. The Labute approximate surface area is 87.8 Å². The lowest BCUT2D eigenvalue weighted by Gasteiger charge is -2.02. The van der Waals surface area contributed by atoms with Gasteiger partial charge in [-0.2, -0.15) is 5.10 Å². The molecule has 0 aliphatic carbocycles. The lowest BCUT2D eigenvalue weighted by molar-refractivity contribution is -0.140. The largest absolute Gasteiger partial charge is 0.469 e. The first kappa shape index (κ1) is 11.0. The van der Waals surface area contributed by atoms with E-state index in [4.69, 9.17) is 11.6 Å². The van der Waals surface area contributed by atoms with Gasteiger partial charge >= 0.3 is 5.97 Å². The molecule has 1 rings (SSSR count). The molecule has 0 fully saturated rings. The molecule has 4 nitrogen and oxygen atoms in total. The fourth-order valence-electron chi connectivity index (χ4n) is 1.17. The Bertz CT molecular complexity index is 323. The number of methoxy groups -OCH3 is 1. The summed E-state index contributed by atoms with van der Waals surface area (Å²) in [5.74, 6) is -0.194. The predicted molar refractivity (Wildman–Crippen MR) is 53.2 cm³/mol. The second kappa shape index (κ2) is 5.00. The minimum atomic E-state index is -0.194. The lowest BCUT2D eigenvalue weighted by atomic mass is 10.3. The van der Waals surface area contributed by atoms with Crippen molar-refractivity contribution >= 4 is 17.6 Å². The van der Waals surface area contributed by atoms with Crippen LogP contribution in [0.25, 0.3) is 0 Å². The molecule has 0 bridgehead atoms. The fourth-order valence-corrected chi connectivity index (χ4v) is 1.42. The molecule has 0 saturated heterocycles. The van der Waals surface area contributed by atoms with Crippen molar-refractivity contribution in [3.63, 3.8) is 0 Å². The van der Waals surface area contributed by atoms with Crippen molar-refractivity contribution in [1.29, 1.82) is 0 Å². The molecular weight excluding hydrogens is 204 g/mol. The molecule has 0 saturated carbocycles. The van der Waals surface area contributed by atoms with Crippen molar-refractivity contribution < 1.29 is 9.53 Å². The van der Waals surface area contributed by atoms with Gasteiger partial charge in [-0.3, -0.25) is 9.48 Å². The van der Waals surface area contributed by atoms with Crippen LogP contribution in [-0.4, -0.2) is 22.9 Å². The first-order chi connectivity index (χ1) is 6.63. The fraction of sp³-hybridized carbons (Fsp3) is 0.556. The summed E-state index contributed by atoms with van der Waals surface area (Å²) in [4.78, 5) is 10.8. The van der Waals surface area contributed by atoms with Gasteiger partial charge < -0.3 is 4.74 Å². The molecule has 1 aromatic rings. The third-order valence-corrected chi connectivity index (χ3v) is 2.11. The molecule has 1 aromatic heterocycles. The van der Waals surface area contributed by atoms with Gasteiger partial charge in [0.1, 0.15) is 0 Å². The smallest absolute Gasteiger partial charge is 0.305 e. The third-order valence-electron chi connectivity index (χ3n) is 1.93. The van der Waals surface area contributed by atoms with Gasteiger partial charge in [0.25, 0.3) is 0 Å². The van der Waals surface area contributed by atoms with E-state index in [1.165, 1.54) is 7.11 Å². The average molecular weight is 217 g/mol. The first-order valence-electron chi connectivity index (χ1n) is 4.40. The normalized spacial score (nSPS) is 10.2. The van der Waals surface area contributed by atoms with Crippen LogP contribution in [0.3, 0.4) is 0 Å². The van der Waals surface area contributed by atoms with Crippen LogP contribution in [0.4, 0.5) is 0 Å². The Morgan fingerprint density at radius 1 is 1.71 bits per heavy atom. The number of esters is 1. The number of hydrogen-bond acceptors (Lipinski definition) is 3. The molecule has 1 heterocycles. The van der Waals surface area contributed by atoms with Crippen LogP contribution in [0.15, 0.2) is 6.07 Å². The number of aryl methyl sites for hydroxylation is 2. The number of aromatic nitrogens is 2. The van der Waals surface area contributed by atoms with E-state index in [2.05, 4.69) is 9.84 Å². The quantitative estimate of drug-likeness (QED) is 0.721. The maximum Gasteiger partial charge on any atom is 0.305 e. The second-order valence-electron chi connectivity index (χ2n) is 3.01. The highest BCUT2D eigenvalue weighted by molar-refractivity contribution is 6.29. The van der Waals surface area contributed by atoms with Crippen LogP contribution in [0.2, 0.25) is 5.15 Å². The van der Waals surface area contributed by atoms with E-state index in [0.717, 1.165) is 5.69 Å². The SMILES string of the molecule is COC(=O)CCCn1nc(Cl)cc1C. The van der Waals surface area contributed by atoms with Crippen LogP contribution < -0.4 is 0 Å². The average Bonchev–Trinajstić information content (AvgIpc) is 2.45. The van der Waals surface area contributed by atoms with Gasteiger partial charge in [0.05, 0.1) is 7.11 Å². The molecule has 0 unspecified atom stereocenters. The summed E-state index contributed by atoms with van der Waals surface area (Å²) in [7, 11) is 1.39. The first-order valence-corrected chi connectivity index (χ1v) is 4.78. The summed E-state index contributed by atoms with van der Waals surface area (Å²) in [5.41, 5.74) is 1.000. The van der Waals surface area contributed by atoms with Crippen LogP contribution in [-0.2, 0) is 16.1 Å². The molecular formula is C9H13ClN2O2. The van der Waals surface area contributed by atoms with E-state index < -0.39 is 0 Å². The number of halogens is 1. The van der Waals surface area contributed by atoms with Crippen molar-refractivity contribution in [3.05, 3.63) is 16.9 Å². The second-order valence-corrected chi connectivity index (χ2v) is 3.40. The van der Waals surface area contributed by atoms with Gasteiger partial charge in [0.15, 0.2) is 5.15 Å². The van der Waals surface area contributed by atoms with Gasteiger partial charge in [-0.15, -0.1) is 0 Å².